The molecule has 1 aromatic heterocycles. The first kappa shape index (κ1) is 8.43. The lowest BCUT2D eigenvalue weighted by Gasteiger charge is -1.97. The van der Waals surface area contributed by atoms with Crippen LogP contribution in [-0.4, -0.2) is 15.9 Å². The fraction of sp³-hybridized carbons (Fsp3) is 0. The SMILES string of the molecule is NC(=O)c1nc2c[c]ccc2c(=O)[nH]1. The highest BCUT2D eigenvalue weighted by molar-refractivity contribution is 5.91. The van der Waals surface area contributed by atoms with Gasteiger partial charge in [0.1, 0.15) is 0 Å². The summed E-state index contributed by atoms with van der Waals surface area (Å²) < 4.78 is 0. The van der Waals surface area contributed by atoms with Crippen molar-refractivity contribution >= 4 is 16.8 Å². The van der Waals surface area contributed by atoms with Gasteiger partial charge in [-0.2, -0.15) is 0 Å². The van der Waals surface area contributed by atoms with Crippen LogP contribution in [-0.2, 0) is 0 Å². The average molecular weight is 188 g/mol. The number of H-pyrrole nitrogens is 1. The van der Waals surface area contributed by atoms with E-state index in [4.69, 9.17) is 5.73 Å². The molecular formula is C9H6N3O2. The van der Waals surface area contributed by atoms with E-state index in [1.54, 1.807) is 12.1 Å². The van der Waals surface area contributed by atoms with Crippen molar-refractivity contribution in [2.45, 2.75) is 0 Å². The predicted octanol–water partition coefficient (Wildman–Crippen LogP) is -0.178. The molecule has 0 aliphatic rings. The molecule has 5 heteroatoms. The van der Waals surface area contributed by atoms with Gasteiger partial charge in [0.05, 0.1) is 10.9 Å². The van der Waals surface area contributed by atoms with Gasteiger partial charge in [0.2, 0.25) is 0 Å². The Bertz CT molecular complexity index is 559. The second kappa shape index (κ2) is 2.95. The first-order valence-electron chi connectivity index (χ1n) is 3.88. The van der Waals surface area contributed by atoms with Crippen LogP contribution in [0.3, 0.4) is 0 Å². The molecular weight excluding hydrogens is 182 g/mol. The molecule has 5 nitrogen and oxygen atoms in total. The lowest BCUT2D eigenvalue weighted by Crippen LogP contribution is -2.21. The molecule has 1 aromatic carbocycles. The molecule has 2 rings (SSSR count). The van der Waals surface area contributed by atoms with Gasteiger partial charge < -0.3 is 10.7 Å². The molecule has 0 aliphatic heterocycles. The molecule has 0 fully saturated rings. The number of aromatic amines is 1. The van der Waals surface area contributed by atoms with Crippen LogP contribution in [0.25, 0.3) is 10.9 Å². The summed E-state index contributed by atoms with van der Waals surface area (Å²) in [5.74, 6) is -0.894. The van der Waals surface area contributed by atoms with Gasteiger partial charge in [-0.1, -0.05) is 6.07 Å². The quantitative estimate of drug-likeness (QED) is 0.650. The van der Waals surface area contributed by atoms with E-state index in [9.17, 15) is 9.59 Å². The van der Waals surface area contributed by atoms with Crippen molar-refractivity contribution in [1.29, 1.82) is 0 Å². The van der Waals surface area contributed by atoms with Crippen molar-refractivity contribution in [3.8, 4) is 0 Å². The summed E-state index contributed by atoms with van der Waals surface area (Å²) in [5.41, 5.74) is 5.02. The number of benzene rings is 1. The lowest BCUT2D eigenvalue weighted by molar-refractivity contribution is 0.0990. The zero-order valence-corrected chi connectivity index (χ0v) is 7.07. The number of primary amides is 1. The fourth-order valence-electron chi connectivity index (χ4n) is 1.15. The van der Waals surface area contributed by atoms with E-state index in [0.717, 1.165) is 0 Å². The van der Waals surface area contributed by atoms with Crippen LogP contribution in [0.15, 0.2) is 23.0 Å². The van der Waals surface area contributed by atoms with Crippen molar-refractivity contribution in [3.05, 3.63) is 40.4 Å². The van der Waals surface area contributed by atoms with E-state index in [0.29, 0.717) is 10.9 Å². The van der Waals surface area contributed by atoms with E-state index in [2.05, 4.69) is 16.0 Å². The maximum Gasteiger partial charge on any atom is 0.284 e. The maximum atomic E-state index is 11.4. The van der Waals surface area contributed by atoms with E-state index < -0.39 is 5.91 Å². The molecule has 0 spiro atoms. The zero-order chi connectivity index (χ0) is 10.1. The molecule has 0 aliphatic carbocycles. The Kier molecular flexibility index (Phi) is 1.78. The molecule has 0 saturated carbocycles. The third-order valence-corrected chi connectivity index (χ3v) is 1.78. The number of hydrogen-bond acceptors (Lipinski definition) is 3. The summed E-state index contributed by atoms with van der Waals surface area (Å²) in [6.45, 7) is 0. The predicted molar refractivity (Wildman–Crippen MR) is 49.7 cm³/mol. The average Bonchev–Trinajstić information content (AvgIpc) is 2.17. The van der Waals surface area contributed by atoms with E-state index in [-0.39, 0.29) is 11.4 Å². The molecule has 14 heavy (non-hydrogen) atoms. The Morgan fingerprint density at radius 1 is 1.57 bits per heavy atom. The minimum Gasteiger partial charge on any atom is -0.363 e. The Morgan fingerprint density at radius 3 is 3.07 bits per heavy atom. The minimum atomic E-state index is -0.757. The van der Waals surface area contributed by atoms with Gasteiger partial charge in [-0.3, -0.25) is 9.59 Å². The summed E-state index contributed by atoms with van der Waals surface area (Å²) in [4.78, 5) is 28.3. The molecule has 2 aromatic rings. The Balaban J connectivity index is 2.86. The standard InChI is InChI=1S/C9H6N3O2/c10-7(13)8-11-6-4-2-1-3-5(6)9(14)12-8/h1,3-4H,(H2,10,13)(H,11,12,14). The highest BCUT2D eigenvalue weighted by Gasteiger charge is 2.06. The summed E-state index contributed by atoms with van der Waals surface area (Å²) in [5, 5.41) is 0.411. The molecule has 0 bridgehead atoms. The third kappa shape index (κ3) is 1.24. The van der Waals surface area contributed by atoms with Gasteiger partial charge in [-0.25, -0.2) is 4.98 Å². The van der Waals surface area contributed by atoms with Gasteiger partial charge in [-0.05, 0) is 18.2 Å². The first-order valence-corrected chi connectivity index (χ1v) is 3.88. The number of carbonyl (C=O) groups excluding carboxylic acids is 1. The summed E-state index contributed by atoms with van der Waals surface area (Å²) in [6.07, 6.45) is 0. The van der Waals surface area contributed by atoms with E-state index in [1.807, 2.05) is 0 Å². The molecule has 1 amide bonds. The topological polar surface area (TPSA) is 88.8 Å². The smallest absolute Gasteiger partial charge is 0.284 e. The van der Waals surface area contributed by atoms with Crippen LogP contribution in [0.2, 0.25) is 0 Å². The molecule has 0 atom stereocenters. The second-order valence-electron chi connectivity index (χ2n) is 2.72. The molecule has 1 heterocycles. The largest absolute Gasteiger partial charge is 0.363 e. The minimum absolute atomic E-state index is 0.137. The molecule has 69 valence electrons. The van der Waals surface area contributed by atoms with Crippen LogP contribution in [0.1, 0.15) is 10.6 Å². The summed E-state index contributed by atoms with van der Waals surface area (Å²) >= 11 is 0. The Labute approximate surface area is 78.6 Å². The number of amides is 1. The van der Waals surface area contributed by atoms with Crippen LogP contribution >= 0.6 is 0 Å². The number of nitrogens with two attached hydrogens (primary N) is 1. The third-order valence-electron chi connectivity index (χ3n) is 1.78. The highest BCUT2D eigenvalue weighted by atomic mass is 16.1. The second-order valence-corrected chi connectivity index (χ2v) is 2.72. The van der Waals surface area contributed by atoms with Crippen LogP contribution in [0, 0.1) is 6.07 Å². The molecule has 3 N–H and O–H groups in total. The number of nitrogens with zero attached hydrogens (tertiary/aromatic N) is 1. The normalized spacial score (nSPS) is 10.3. The monoisotopic (exact) mass is 188 g/mol. The van der Waals surface area contributed by atoms with Crippen molar-refractivity contribution < 1.29 is 4.79 Å². The number of aromatic nitrogens is 2. The van der Waals surface area contributed by atoms with Crippen LogP contribution in [0.4, 0.5) is 0 Å². The van der Waals surface area contributed by atoms with Gasteiger partial charge in [0.25, 0.3) is 11.5 Å². The molecule has 0 unspecified atom stereocenters. The van der Waals surface area contributed by atoms with E-state index >= 15 is 0 Å². The molecule has 1 radical (unpaired) electrons. The first-order chi connectivity index (χ1) is 6.68. The van der Waals surface area contributed by atoms with Crippen molar-refractivity contribution in [1.82, 2.24) is 9.97 Å². The van der Waals surface area contributed by atoms with Gasteiger partial charge in [-0.15, -0.1) is 0 Å². The summed E-state index contributed by atoms with van der Waals surface area (Å²) in [7, 11) is 0. The highest BCUT2D eigenvalue weighted by Crippen LogP contribution is 2.04. The fourth-order valence-corrected chi connectivity index (χ4v) is 1.15. The Morgan fingerprint density at radius 2 is 2.36 bits per heavy atom. The Hall–Kier alpha value is -2.17. The number of rotatable bonds is 1. The number of nitrogens with one attached hydrogen (secondary N) is 1. The number of hydrogen-bond donors (Lipinski definition) is 2. The van der Waals surface area contributed by atoms with Crippen molar-refractivity contribution in [2.75, 3.05) is 0 Å². The maximum absolute atomic E-state index is 11.4. The van der Waals surface area contributed by atoms with Crippen LogP contribution < -0.4 is 11.3 Å². The number of fused-ring (bicyclic) bond motifs is 1. The van der Waals surface area contributed by atoms with Crippen molar-refractivity contribution in [2.24, 2.45) is 5.73 Å². The van der Waals surface area contributed by atoms with Crippen LogP contribution in [0.5, 0.6) is 0 Å². The zero-order valence-electron chi connectivity index (χ0n) is 7.07. The van der Waals surface area contributed by atoms with Crippen molar-refractivity contribution in [3.63, 3.8) is 0 Å². The van der Waals surface area contributed by atoms with Gasteiger partial charge >= 0.3 is 0 Å². The molecule has 0 saturated heterocycles. The number of carbonyl (C=O) groups is 1. The lowest BCUT2D eigenvalue weighted by atomic mass is 10.2. The van der Waals surface area contributed by atoms with Gasteiger partial charge in [0.15, 0.2) is 5.82 Å². The van der Waals surface area contributed by atoms with Gasteiger partial charge in [0, 0.05) is 0 Å². The van der Waals surface area contributed by atoms with E-state index in [1.165, 1.54) is 6.07 Å². The summed E-state index contributed by atoms with van der Waals surface area (Å²) in [6, 6.07) is 7.46.